The van der Waals surface area contributed by atoms with Gasteiger partial charge in [0.15, 0.2) is 0 Å². The van der Waals surface area contributed by atoms with Gasteiger partial charge in [0.05, 0.1) is 5.56 Å². The van der Waals surface area contributed by atoms with Gasteiger partial charge >= 0.3 is 5.63 Å². The Hall–Kier alpha value is -2.80. The number of benzene rings is 2. The van der Waals surface area contributed by atoms with Gasteiger partial charge in [-0.3, -0.25) is 9.80 Å². The molecule has 0 unspecified atom stereocenters. The Morgan fingerprint density at radius 1 is 0.909 bits per heavy atom. The number of aromatic hydroxyl groups is 1. The lowest BCUT2D eigenvalue weighted by Gasteiger charge is -2.36. The van der Waals surface area contributed by atoms with Crippen LogP contribution in [0.15, 0.2) is 64.0 Å². The Balaban J connectivity index is 1.24. The molecule has 33 heavy (non-hydrogen) atoms. The highest BCUT2D eigenvalue weighted by Gasteiger charge is 2.23. The number of rotatable bonds is 5. The van der Waals surface area contributed by atoms with Crippen LogP contribution >= 0.6 is 11.6 Å². The van der Waals surface area contributed by atoms with Crippen LogP contribution in [0.3, 0.4) is 0 Å². The fourth-order valence-electron chi connectivity index (χ4n) is 4.78. The largest absolute Gasteiger partial charge is 0.507 e. The van der Waals surface area contributed by atoms with Gasteiger partial charge in [0.2, 0.25) is 0 Å². The third-order valence-electron chi connectivity index (χ3n) is 6.68. The van der Waals surface area contributed by atoms with E-state index in [-0.39, 0.29) is 5.75 Å². The van der Waals surface area contributed by atoms with Gasteiger partial charge in [-0.1, -0.05) is 41.9 Å². The molecule has 0 bridgehead atoms. The van der Waals surface area contributed by atoms with Gasteiger partial charge in [-0.2, -0.15) is 0 Å². The first-order valence-corrected chi connectivity index (χ1v) is 11.8. The first-order valence-electron chi connectivity index (χ1n) is 11.4. The molecule has 2 aliphatic heterocycles. The Bertz CT molecular complexity index is 1190. The summed E-state index contributed by atoms with van der Waals surface area (Å²) in [6.07, 6.45) is 2.40. The van der Waals surface area contributed by atoms with Crippen LogP contribution in [0.25, 0.3) is 0 Å². The second-order valence-electron chi connectivity index (χ2n) is 8.85. The Labute approximate surface area is 198 Å². The zero-order valence-corrected chi connectivity index (χ0v) is 19.3. The number of hydrogen-bond acceptors (Lipinski definition) is 6. The third-order valence-corrected chi connectivity index (χ3v) is 6.91. The number of anilines is 1. The highest BCUT2D eigenvalue weighted by atomic mass is 35.5. The zero-order chi connectivity index (χ0) is 22.8. The molecule has 2 aliphatic rings. The molecule has 1 fully saturated rings. The molecular formula is C26H28ClN3O3. The minimum absolute atomic E-state index is 0.0716. The SMILES string of the molecule is O=c1occ(CN2CCc3ccccc3C2)c(O)c1CN1CCN(c2cccc(Cl)c2)CC1. The van der Waals surface area contributed by atoms with Crippen LogP contribution in [0, 0.1) is 0 Å². The van der Waals surface area contributed by atoms with Crippen molar-refractivity contribution in [2.45, 2.75) is 26.1 Å². The van der Waals surface area contributed by atoms with Crippen LogP contribution in [-0.2, 0) is 26.1 Å². The summed E-state index contributed by atoms with van der Waals surface area (Å²) in [6, 6.07) is 16.3. The lowest BCUT2D eigenvalue weighted by molar-refractivity contribution is 0.230. The van der Waals surface area contributed by atoms with Crippen molar-refractivity contribution in [1.82, 2.24) is 9.80 Å². The maximum Gasteiger partial charge on any atom is 0.343 e. The number of piperazine rings is 1. The molecule has 1 aromatic heterocycles. The quantitative estimate of drug-likeness (QED) is 0.617. The molecule has 6 nitrogen and oxygen atoms in total. The van der Waals surface area contributed by atoms with E-state index < -0.39 is 5.63 Å². The van der Waals surface area contributed by atoms with Gasteiger partial charge in [0.1, 0.15) is 12.0 Å². The van der Waals surface area contributed by atoms with Crippen molar-refractivity contribution in [3.63, 3.8) is 0 Å². The van der Waals surface area contributed by atoms with Crippen LogP contribution in [0.5, 0.6) is 5.75 Å². The molecule has 7 heteroatoms. The van der Waals surface area contributed by atoms with Crippen molar-refractivity contribution in [3.05, 3.63) is 92.5 Å². The number of fused-ring (bicyclic) bond motifs is 1. The maximum absolute atomic E-state index is 12.5. The predicted octanol–water partition coefficient (Wildman–Crippen LogP) is 3.88. The standard InChI is InChI=1S/C26H28ClN3O3/c27-22-6-3-7-23(14-22)30-12-10-28(11-13-30)17-24-25(31)21(18-33-26(24)32)16-29-9-8-19-4-1-2-5-20(19)15-29/h1-7,14,18,31H,8-13,15-17H2. The molecule has 0 saturated carbocycles. The summed E-state index contributed by atoms with van der Waals surface area (Å²) < 4.78 is 5.33. The van der Waals surface area contributed by atoms with Crippen molar-refractivity contribution >= 4 is 17.3 Å². The average molecular weight is 466 g/mol. The topological polar surface area (TPSA) is 60.2 Å². The fourth-order valence-corrected chi connectivity index (χ4v) is 4.97. The van der Waals surface area contributed by atoms with Gasteiger partial charge in [-0.05, 0) is 35.7 Å². The molecular weight excluding hydrogens is 438 g/mol. The maximum atomic E-state index is 12.5. The van der Waals surface area contributed by atoms with Crippen molar-refractivity contribution in [2.75, 3.05) is 37.6 Å². The monoisotopic (exact) mass is 465 g/mol. The molecule has 0 aliphatic carbocycles. The van der Waals surface area contributed by atoms with Crippen LogP contribution in [-0.4, -0.2) is 47.6 Å². The van der Waals surface area contributed by atoms with Crippen molar-refractivity contribution in [2.24, 2.45) is 0 Å². The smallest absolute Gasteiger partial charge is 0.343 e. The average Bonchev–Trinajstić information content (AvgIpc) is 2.84. The fraction of sp³-hybridized carbons (Fsp3) is 0.346. The number of halogens is 1. The third kappa shape index (κ3) is 4.93. The van der Waals surface area contributed by atoms with E-state index >= 15 is 0 Å². The molecule has 172 valence electrons. The highest BCUT2D eigenvalue weighted by Crippen LogP contribution is 2.27. The number of nitrogens with zero attached hydrogens (tertiary/aromatic N) is 3. The van der Waals surface area contributed by atoms with E-state index in [0.29, 0.717) is 24.2 Å². The summed E-state index contributed by atoms with van der Waals surface area (Å²) in [4.78, 5) is 19.2. The second kappa shape index (κ2) is 9.59. The van der Waals surface area contributed by atoms with Gasteiger partial charge < -0.3 is 14.4 Å². The molecule has 3 aromatic rings. The van der Waals surface area contributed by atoms with Crippen molar-refractivity contribution in [1.29, 1.82) is 0 Å². The molecule has 1 saturated heterocycles. The molecule has 0 spiro atoms. The highest BCUT2D eigenvalue weighted by molar-refractivity contribution is 6.30. The summed E-state index contributed by atoms with van der Waals surface area (Å²) in [5.74, 6) is 0.0716. The van der Waals surface area contributed by atoms with Gasteiger partial charge in [0, 0.05) is 68.6 Å². The Morgan fingerprint density at radius 3 is 2.48 bits per heavy atom. The molecule has 0 atom stereocenters. The lowest BCUT2D eigenvalue weighted by Crippen LogP contribution is -2.46. The molecule has 2 aromatic carbocycles. The first kappa shape index (κ1) is 22.0. The van der Waals surface area contributed by atoms with Crippen LogP contribution in [0.2, 0.25) is 5.02 Å². The molecule has 0 amide bonds. The van der Waals surface area contributed by atoms with Crippen molar-refractivity contribution in [3.8, 4) is 5.75 Å². The van der Waals surface area contributed by atoms with E-state index in [1.54, 1.807) is 0 Å². The van der Waals surface area contributed by atoms with Crippen LogP contribution in [0.4, 0.5) is 5.69 Å². The summed E-state index contributed by atoms with van der Waals surface area (Å²) in [5.41, 5.74) is 4.36. The molecule has 5 rings (SSSR count). The van der Waals surface area contributed by atoms with Crippen LogP contribution in [0.1, 0.15) is 22.3 Å². The Kier molecular flexibility index (Phi) is 6.40. The van der Waals surface area contributed by atoms with E-state index in [9.17, 15) is 9.90 Å². The lowest BCUT2D eigenvalue weighted by atomic mass is 9.99. The summed E-state index contributed by atoms with van der Waals surface area (Å²) >= 11 is 6.13. The van der Waals surface area contributed by atoms with E-state index in [4.69, 9.17) is 16.0 Å². The summed E-state index contributed by atoms with van der Waals surface area (Å²) in [6.45, 7) is 5.93. The zero-order valence-electron chi connectivity index (χ0n) is 18.5. The van der Waals surface area contributed by atoms with Crippen LogP contribution < -0.4 is 10.5 Å². The normalized spacial score (nSPS) is 17.2. The second-order valence-corrected chi connectivity index (χ2v) is 9.28. The molecule has 1 N–H and O–H groups in total. The minimum Gasteiger partial charge on any atom is -0.507 e. The first-order chi connectivity index (χ1) is 16.1. The molecule has 3 heterocycles. The van der Waals surface area contributed by atoms with Crippen molar-refractivity contribution < 1.29 is 9.52 Å². The van der Waals surface area contributed by atoms with Gasteiger partial charge in [-0.25, -0.2) is 4.79 Å². The summed E-state index contributed by atoms with van der Waals surface area (Å²) in [7, 11) is 0. The van der Waals surface area contributed by atoms with Gasteiger partial charge in [0.25, 0.3) is 0 Å². The van der Waals surface area contributed by atoms with E-state index in [0.717, 1.165) is 56.4 Å². The Morgan fingerprint density at radius 2 is 1.70 bits per heavy atom. The summed E-state index contributed by atoms with van der Waals surface area (Å²) in [5, 5.41) is 11.7. The predicted molar refractivity (Wildman–Crippen MR) is 130 cm³/mol. The van der Waals surface area contributed by atoms with E-state index in [1.165, 1.54) is 17.4 Å². The number of hydrogen-bond donors (Lipinski definition) is 1. The molecule has 0 radical (unpaired) electrons. The van der Waals surface area contributed by atoms with Gasteiger partial charge in [-0.15, -0.1) is 0 Å². The minimum atomic E-state index is -0.461. The van der Waals surface area contributed by atoms with E-state index in [1.807, 2.05) is 18.2 Å². The van der Waals surface area contributed by atoms with E-state index in [2.05, 4.69) is 45.0 Å².